The van der Waals surface area contributed by atoms with Gasteiger partial charge in [-0.05, 0) is 36.8 Å². The second-order valence-corrected chi connectivity index (χ2v) is 6.81. The molecule has 5 heteroatoms. The number of rotatable bonds is 2. The number of esters is 1. The molecule has 112 valence electrons. The highest BCUT2D eigenvalue weighted by Crippen LogP contribution is 2.35. The summed E-state index contributed by atoms with van der Waals surface area (Å²) in [7, 11) is 0. The fraction of sp³-hybridized carbons (Fsp3) is 0.500. The van der Waals surface area contributed by atoms with Gasteiger partial charge in [-0.15, -0.1) is 11.8 Å². The van der Waals surface area contributed by atoms with Gasteiger partial charge in [0.2, 0.25) is 5.91 Å². The molecule has 1 amide bonds. The molecule has 0 bridgehead atoms. The molecule has 4 nitrogen and oxygen atoms in total. The second-order valence-electron chi connectivity index (χ2n) is 5.68. The average Bonchev–Trinajstić information content (AvgIpc) is 2.73. The van der Waals surface area contributed by atoms with Crippen LogP contribution in [-0.2, 0) is 14.3 Å². The minimum absolute atomic E-state index is 0.0369. The Morgan fingerprint density at radius 3 is 3.10 bits per heavy atom. The van der Waals surface area contributed by atoms with Gasteiger partial charge in [-0.3, -0.25) is 9.59 Å². The number of amides is 1. The fourth-order valence-electron chi connectivity index (χ4n) is 2.80. The molecule has 2 aliphatic heterocycles. The van der Waals surface area contributed by atoms with E-state index in [0.29, 0.717) is 19.4 Å². The van der Waals surface area contributed by atoms with E-state index in [1.54, 1.807) is 0 Å². The summed E-state index contributed by atoms with van der Waals surface area (Å²) in [5.41, 5.74) is 2.23. The summed E-state index contributed by atoms with van der Waals surface area (Å²) < 4.78 is 4.95. The molecular weight excluding hydrogens is 286 g/mol. The van der Waals surface area contributed by atoms with Gasteiger partial charge in [-0.25, -0.2) is 0 Å². The van der Waals surface area contributed by atoms with Crippen LogP contribution in [0.4, 0.5) is 5.69 Å². The third kappa shape index (κ3) is 3.23. The van der Waals surface area contributed by atoms with Crippen LogP contribution in [0.3, 0.4) is 0 Å². The van der Waals surface area contributed by atoms with Crippen LogP contribution in [0.5, 0.6) is 0 Å². The van der Waals surface area contributed by atoms with Gasteiger partial charge in [0, 0.05) is 23.8 Å². The standard InChI is InChI=1S/C16H19NO3S/c1-11-3-4-13-14(7-11)21-6-2-5-17(13)15(18)8-12-9-16(19)20-10-12/h3-4,7,12H,2,5-6,8-10H2,1H3/t12-/m0/s1. The van der Waals surface area contributed by atoms with Crippen molar-refractivity contribution in [2.75, 3.05) is 23.8 Å². The number of carbonyl (C=O) groups is 2. The molecule has 1 fully saturated rings. The molecular formula is C16H19NO3S. The quantitative estimate of drug-likeness (QED) is 0.788. The van der Waals surface area contributed by atoms with Crippen LogP contribution in [0.25, 0.3) is 0 Å². The summed E-state index contributed by atoms with van der Waals surface area (Å²) in [5, 5.41) is 0. The van der Waals surface area contributed by atoms with Gasteiger partial charge < -0.3 is 9.64 Å². The lowest BCUT2D eigenvalue weighted by Gasteiger charge is -2.23. The Kier molecular flexibility index (Phi) is 4.19. The summed E-state index contributed by atoms with van der Waals surface area (Å²) in [6.07, 6.45) is 1.75. The molecule has 1 saturated heterocycles. The number of thioether (sulfide) groups is 1. The maximum absolute atomic E-state index is 12.6. The Morgan fingerprint density at radius 2 is 2.33 bits per heavy atom. The molecule has 0 saturated carbocycles. The van der Waals surface area contributed by atoms with E-state index in [1.807, 2.05) is 28.8 Å². The first-order valence-electron chi connectivity index (χ1n) is 7.33. The molecule has 0 N–H and O–H groups in total. The van der Waals surface area contributed by atoms with E-state index >= 15 is 0 Å². The average molecular weight is 305 g/mol. The number of anilines is 1. The first-order chi connectivity index (χ1) is 10.1. The van der Waals surface area contributed by atoms with Crippen molar-refractivity contribution in [1.29, 1.82) is 0 Å². The molecule has 3 rings (SSSR count). The van der Waals surface area contributed by atoms with E-state index in [-0.39, 0.29) is 17.8 Å². The molecule has 2 heterocycles. The Hall–Kier alpha value is -1.49. The molecule has 2 aliphatic rings. The summed E-state index contributed by atoms with van der Waals surface area (Å²) in [6.45, 7) is 3.21. The van der Waals surface area contributed by atoms with Gasteiger partial charge in [-0.1, -0.05) is 6.07 Å². The van der Waals surface area contributed by atoms with Crippen LogP contribution in [0.15, 0.2) is 23.1 Å². The van der Waals surface area contributed by atoms with Crippen molar-refractivity contribution in [3.63, 3.8) is 0 Å². The maximum Gasteiger partial charge on any atom is 0.306 e. The minimum atomic E-state index is -0.185. The highest BCUT2D eigenvalue weighted by atomic mass is 32.2. The fourth-order valence-corrected chi connectivity index (χ4v) is 3.89. The van der Waals surface area contributed by atoms with E-state index in [2.05, 4.69) is 13.0 Å². The highest BCUT2D eigenvalue weighted by molar-refractivity contribution is 7.99. The predicted molar refractivity (Wildman–Crippen MR) is 82.6 cm³/mol. The van der Waals surface area contributed by atoms with Gasteiger partial charge in [0.05, 0.1) is 18.7 Å². The zero-order chi connectivity index (χ0) is 14.8. The van der Waals surface area contributed by atoms with Gasteiger partial charge >= 0.3 is 5.97 Å². The molecule has 0 radical (unpaired) electrons. The van der Waals surface area contributed by atoms with Gasteiger partial charge in [0.25, 0.3) is 0 Å². The van der Waals surface area contributed by atoms with E-state index in [1.165, 1.54) is 10.5 Å². The maximum atomic E-state index is 12.6. The Balaban J connectivity index is 1.78. The topological polar surface area (TPSA) is 46.6 Å². The van der Waals surface area contributed by atoms with Crippen LogP contribution < -0.4 is 4.90 Å². The predicted octanol–water partition coefficient (Wildman–Crippen LogP) is 2.78. The Labute approximate surface area is 128 Å². The number of aryl methyl sites for hydroxylation is 1. The third-order valence-electron chi connectivity index (χ3n) is 3.89. The number of hydrogen-bond acceptors (Lipinski definition) is 4. The molecule has 1 aromatic carbocycles. The van der Waals surface area contributed by atoms with Crippen molar-refractivity contribution in [3.05, 3.63) is 23.8 Å². The minimum Gasteiger partial charge on any atom is -0.465 e. The van der Waals surface area contributed by atoms with Crippen molar-refractivity contribution >= 4 is 29.3 Å². The summed E-state index contributed by atoms with van der Waals surface area (Å²) in [5.74, 6) is 0.988. The normalized spacial score (nSPS) is 21.7. The summed E-state index contributed by atoms with van der Waals surface area (Å²) >= 11 is 1.82. The number of ether oxygens (including phenoxy) is 1. The third-order valence-corrected chi connectivity index (χ3v) is 5.02. The zero-order valence-electron chi connectivity index (χ0n) is 12.1. The largest absolute Gasteiger partial charge is 0.465 e. The number of carbonyl (C=O) groups excluding carboxylic acids is 2. The van der Waals surface area contributed by atoms with Crippen molar-refractivity contribution in [2.24, 2.45) is 5.92 Å². The van der Waals surface area contributed by atoms with Gasteiger partial charge in [0.15, 0.2) is 0 Å². The van der Waals surface area contributed by atoms with Crippen molar-refractivity contribution < 1.29 is 14.3 Å². The highest BCUT2D eigenvalue weighted by Gasteiger charge is 2.29. The molecule has 0 aliphatic carbocycles. The molecule has 21 heavy (non-hydrogen) atoms. The monoisotopic (exact) mass is 305 g/mol. The molecule has 0 aromatic heterocycles. The van der Waals surface area contributed by atoms with E-state index in [9.17, 15) is 9.59 Å². The van der Waals surface area contributed by atoms with Crippen molar-refractivity contribution in [2.45, 2.75) is 31.1 Å². The van der Waals surface area contributed by atoms with Crippen LogP contribution in [0.1, 0.15) is 24.8 Å². The zero-order valence-corrected chi connectivity index (χ0v) is 12.9. The first-order valence-corrected chi connectivity index (χ1v) is 8.31. The van der Waals surface area contributed by atoms with E-state index in [4.69, 9.17) is 4.74 Å². The lowest BCUT2D eigenvalue weighted by molar-refractivity contribution is -0.138. The number of hydrogen-bond donors (Lipinski definition) is 0. The Bertz CT molecular complexity index is 573. The molecule has 0 unspecified atom stereocenters. The summed E-state index contributed by atoms with van der Waals surface area (Å²) in [4.78, 5) is 26.8. The van der Waals surface area contributed by atoms with Crippen molar-refractivity contribution in [1.82, 2.24) is 0 Å². The Morgan fingerprint density at radius 1 is 1.48 bits per heavy atom. The first kappa shape index (κ1) is 14.4. The second kappa shape index (κ2) is 6.10. The SMILES string of the molecule is Cc1ccc2c(c1)SCCCN2C(=O)C[C@@H]1COC(=O)C1. The van der Waals surface area contributed by atoms with Crippen LogP contribution in [-0.4, -0.2) is 30.8 Å². The van der Waals surface area contributed by atoms with Gasteiger partial charge in [-0.2, -0.15) is 0 Å². The van der Waals surface area contributed by atoms with Gasteiger partial charge in [0.1, 0.15) is 0 Å². The smallest absolute Gasteiger partial charge is 0.306 e. The van der Waals surface area contributed by atoms with Crippen LogP contribution in [0, 0.1) is 12.8 Å². The summed E-state index contributed by atoms with van der Waals surface area (Å²) in [6, 6.07) is 6.23. The molecule has 0 spiro atoms. The molecule has 1 atom stereocenters. The van der Waals surface area contributed by atoms with E-state index in [0.717, 1.165) is 24.4 Å². The number of nitrogens with zero attached hydrogens (tertiary/aromatic N) is 1. The molecule has 1 aromatic rings. The number of benzene rings is 1. The van der Waals surface area contributed by atoms with Crippen LogP contribution in [0.2, 0.25) is 0 Å². The number of cyclic esters (lactones) is 1. The lowest BCUT2D eigenvalue weighted by atomic mass is 10.0. The van der Waals surface area contributed by atoms with Crippen molar-refractivity contribution in [3.8, 4) is 0 Å². The lowest BCUT2D eigenvalue weighted by Crippen LogP contribution is -2.33. The van der Waals surface area contributed by atoms with E-state index < -0.39 is 0 Å². The van der Waals surface area contributed by atoms with Crippen LogP contribution >= 0.6 is 11.8 Å². The number of fused-ring (bicyclic) bond motifs is 1.